The van der Waals surface area contributed by atoms with Crippen LogP contribution in [0.2, 0.25) is 0 Å². The van der Waals surface area contributed by atoms with Gasteiger partial charge in [-0.25, -0.2) is 0 Å². The van der Waals surface area contributed by atoms with Crippen molar-refractivity contribution >= 4 is 71.3 Å². The van der Waals surface area contributed by atoms with Crippen LogP contribution in [0.1, 0.15) is 86.9 Å². The molecular formula is C41H70Cl2Na2O21. The van der Waals surface area contributed by atoms with Gasteiger partial charge in [-0.05, 0) is 79.1 Å². The molecule has 4 saturated heterocycles. The van der Waals surface area contributed by atoms with Crippen molar-refractivity contribution in [1.29, 1.82) is 0 Å². The van der Waals surface area contributed by atoms with E-state index in [2.05, 4.69) is 9.47 Å². The molecule has 4 rings (SSSR count). The predicted octanol–water partition coefficient (Wildman–Crippen LogP) is -2.10. The average Bonchev–Trinajstić information content (AvgIpc) is 3.29. The summed E-state index contributed by atoms with van der Waals surface area (Å²) in [5.74, 6) is -4.03. The van der Waals surface area contributed by atoms with E-state index in [1.165, 1.54) is 0 Å². The number of halogens is 2. The minimum absolute atomic E-state index is 0. The van der Waals surface area contributed by atoms with Crippen molar-refractivity contribution in [2.24, 2.45) is 22.7 Å². The Hall–Kier alpha value is -1.70. The smallest absolute Gasteiger partial charge is 1.00 e. The first kappa shape index (κ1) is 73.3. The Balaban J connectivity index is -0.000000168. The Morgan fingerprint density at radius 2 is 0.909 bits per heavy atom. The largest absolute Gasteiger partial charge is 1.00 e. The maximum Gasteiger partial charge on any atom is 1.00 e. The molecule has 66 heavy (non-hydrogen) atoms. The van der Waals surface area contributed by atoms with E-state index in [1.54, 1.807) is 27.7 Å². The van der Waals surface area contributed by atoms with Gasteiger partial charge < -0.3 is 69.6 Å². The summed E-state index contributed by atoms with van der Waals surface area (Å²) in [6.45, 7) is 13.1. The second-order valence-electron chi connectivity index (χ2n) is 13.5. The number of carbonyl (C=O) groups is 8. The van der Waals surface area contributed by atoms with Crippen molar-refractivity contribution in [2.45, 2.75) is 85.5 Å². The molecule has 0 amide bonds. The summed E-state index contributed by atoms with van der Waals surface area (Å²) < 4.78 is 43.9. The maximum atomic E-state index is 11.9. The fourth-order valence-electron chi connectivity index (χ4n) is 5.54. The monoisotopic (exact) mass is 1010 g/mol. The standard InChI is InChI=1S/C11H18O5.C7H10O5.C7H12O4.C6H10O3.C6H10O2.C4H8Cl2O.2Na.H2O.H/c1-3-15-9(12)11(10(13)16-4-2)5-7-14-8-6-11;8-5(9)7(6(10)11)1-3-12-4-2-7;1-3-10-6(8)5-7(9)11-4-2;7-6(8)5-1-3-9-4-2-5;7-5-6-1-3-8-4-2-6;5-1-3-7-4-2-6;;;;/h3-8H2,1-2H3;1-4H2,(H,8,9)(H,10,11);3-5H2,1-2H3;5H,1-4H2,(H,7,8);5-6H,1-4H2;1-4H2;;;1H2;/q;;;;;;2*+1;;-1/p-1. The van der Waals surface area contributed by atoms with Crippen molar-refractivity contribution < 1.29 is 162 Å². The van der Waals surface area contributed by atoms with Gasteiger partial charge in [0.25, 0.3) is 0 Å². The molecule has 0 bridgehead atoms. The van der Waals surface area contributed by atoms with Gasteiger partial charge in [-0.2, -0.15) is 0 Å². The molecule has 25 heteroatoms. The molecule has 0 aromatic heterocycles. The molecule has 0 radical (unpaired) electrons. The summed E-state index contributed by atoms with van der Waals surface area (Å²) in [7, 11) is 0. The van der Waals surface area contributed by atoms with E-state index in [4.69, 9.17) is 71.7 Å². The average molecular weight is 1020 g/mol. The molecule has 4 aliphatic rings. The summed E-state index contributed by atoms with van der Waals surface area (Å²) in [5.41, 5.74) is -2.76. The number of ether oxygens (including phenoxy) is 9. The van der Waals surface area contributed by atoms with Gasteiger partial charge in [0.15, 0.2) is 10.8 Å². The third kappa shape index (κ3) is 32.9. The van der Waals surface area contributed by atoms with Crippen LogP contribution in [0, 0.1) is 22.7 Å². The molecular weight excluding hydrogens is 945 g/mol. The zero-order valence-electron chi connectivity index (χ0n) is 40.4. The molecule has 4 aliphatic heterocycles. The van der Waals surface area contributed by atoms with Gasteiger partial charge in [0.2, 0.25) is 0 Å². The van der Waals surface area contributed by atoms with E-state index < -0.39 is 52.6 Å². The van der Waals surface area contributed by atoms with Crippen LogP contribution in [-0.2, 0) is 81.0 Å². The van der Waals surface area contributed by atoms with Crippen LogP contribution >= 0.6 is 23.2 Å². The van der Waals surface area contributed by atoms with Crippen LogP contribution in [0.25, 0.3) is 0 Å². The van der Waals surface area contributed by atoms with Crippen LogP contribution in [0.15, 0.2) is 0 Å². The van der Waals surface area contributed by atoms with Gasteiger partial charge in [-0.1, -0.05) is 0 Å². The van der Waals surface area contributed by atoms with E-state index in [9.17, 15) is 38.4 Å². The Bertz CT molecular complexity index is 1260. The van der Waals surface area contributed by atoms with Crippen LogP contribution in [0.4, 0.5) is 0 Å². The van der Waals surface area contributed by atoms with Crippen molar-refractivity contribution in [3.05, 3.63) is 0 Å². The quantitative estimate of drug-likeness (QED) is 0.0284. The Labute approximate surface area is 442 Å². The number of rotatable bonds is 16. The van der Waals surface area contributed by atoms with E-state index in [0.29, 0.717) is 77.1 Å². The fourth-order valence-corrected chi connectivity index (χ4v) is 5.76. The number of alkyl halides is 2. The van der Waals surface area contributed by atoms with Gasteiger partial charge in [0.05, 0.1) is 45.6 Å². The third-order valence-corrected chi connectivity index (χ3v) is 9.52. The van der Waals surface area contributed by atoms with Crippen LogP contribution < -0.4 is 59.1 Å². The zero-order valence-corrected chi connectivity index (χ0v) is 44.9. The Morgan fingerprint density at radius 3 is 1.17 bits per heavy atom. The fraction of sp³-hybridized carbons (Fsp3) is 0.805. The Kier molecular flexibility index (Phi) is 52.2. The minimum Gasteiger partial charge on any atom is -1.00 e. The number of carbonyl (C=O) groups excluding carboxylic acids is 5. The molecule has 4 heterocycles. The molecule has 0 aromatic carbocycles. The van der Waals surface area contributed by atoms with Gasteiger partial charge in [-0.3, -0.25) is 33.6 Å². The molecule has 0 atom stereocenters. The van der Waals surface area contributed by atoms with Gasteiger partial charge in [-0.15, -0.1) is 23.2 Å². The molecule has 0 saturated carbocycles. The second kappa shape index (κ2) is 47.0. The van der Waals surface area contributed by atoms with Gasteiger partial charge in [0, 0.05) is 70.5 Å². The Morgan fingerprint density at radius 1 is 0.576 bits per heavy atom. The summed E-state index contributed by atoms with van der Waals surface area (Å²) in [6, 6.07) is 0. The molecule has 376 valence electrons. The van der Waals surface area contributed by atoms with Crippen LogP contribution in [0.3, 0.4) is 0 Å². The topological polar surface area (TPSA) is 310 Å². The SMILES string of the molecule is CCOC(=O)C1(C(=O)OCC)CCOCC1.CCOC(=O)CC(=O)OCC.ClCCOCCCl.O=C(O)C1(C(=O)O)CCOCC1.O=C(O)C1CCOCC1.O=CC1CCOCC1.[H-].[Na+].[Na+].[OH-]. The first-order valence-corrected chi connectivity index (χ1v) is 22.0. The number of aldehydes is 1. The van der Waals surface area contributed by atoms with Gasteiger partial charge >= 0.3 is 101 Å². The number of esters is 4. The number of carboxylic acids is 3. The molecule has 4 N–H and O–H groups in total. The predicted molar refractivity (Wildman–Crippen MR) is 227 cm³/mol. The van der Waals surface area contributed by atoms with Gasteiger partial charge in [0.1, 0.15) is 12.7 Å². The molecule has 0 unspecified atom stereocenters. The van der Waals surface area contributed by atoms with Crippen molar-refractivity contribution in [2.75, 3.05) is 104 Å². The summed E-state index contributed by atoms with van der Waals surface area (Å²) in [4.78, 5) is 86.7. The summed E-state index contributed by atoms with van der Waals surface area (Å²) in [5, 5.41) is 25.9. The van der Waals surface area contributed by atoms with Crippen molar-refractivity contribution in [3.63, 3.8) is 0 Å². The number of hydrogen-bond acceptors (Lipinski definition) is 18. The molecule has 0 aliphatic carbocycles. The van der Waals surface area contributed by atoms with E-state index in [0.717, 1.165) is 32.3 Å². The second-order valence-corrected chi connectivity index (χ2v) is 14.3. The molecule has 21 nitrogen and oxygen atoms in total. The first-order valence-electron chi connectivity index (χ1n) is 20.9. The third-order valence-electron chi connectivity index (χ3n) is 9.22. The number of aliphatic carboxylic acids is 3. The van der Waals surface area contributed by atoms with Crippen molar-refractivity contribution in [3.8, 4) is 0 Å². The normalized spacial score (nSPS) is 16.8. The summed E-state index contributed by atoms with van der Waals surface area (Å²) >= 11 is 10.5. The first-order chi connectivity index (χ1) is 30.1. The van der Waals surface area contributed by atoms with Crippen LogP contribution in [-0.4, -0.2) is 173 Å². The number of carboxylic acid groups (broad SMARTS) is 3. The van der Waals surface area contributed by atoms with E-state index >= 15 is 0 Å². The maximum absolute atomic E-state index is 11.9. The minimum atomic E-state index is -1.61. The summed E-state index contributed by atoms with van der Waals surface area (Å²) in [6.07, 6.45) is 4.71. The molecule has 0 aromatic rings. The number of hydrogen-bond donors (Lipinski definition) is 3. The molecule has 0 spiro atoms. The van der Waals surface area contributed by atoms with Crippen molar-refractivity contribution in [1.82, 2.24) is 0 Å². The van der Waals surface area contributed by atoms with E-state index in [1.807, 2.05) is 0 Å². The zero-order chi connectivity index (χ0) is 47.9. The van der Waals surface area contributed by atoms with E-state index in [-0.39, 0.29) is 137 Å². The van der Waals surface area contributed by atoms with Crippen LogP contribution in [0.5, 0.6) is 0 Å². The molecule has 4 fully saturated rings.